The first kappa shape index (κ1) is 20.4. The van der Waals surface area contributed by atoms with Crippen molar-refractivity contribution >= 4 is 22.6 Å². The number of ether oxygens (including phenoxy) is 1. The second kappa shape index (κ2) is 8.18. The predicted molar refractivity (Wildman–Crippen MR) is 122 cm³/mol. The van der Waals surface area contributed by atoms with Crippen molar-refractivity contribution in [3.63, 3.8) is 0 Å². The van der Waals surface area contributed by atoms with E-state index in [-0.39, 0.29) is 11.6 Å². The van der Waals surface area contributed by atoms with E-state index in [9.17, 15) is 9.59 Å². The van der Waals surface area contributed by atoms with Crippen molar-refractivity contribution in [3.8, 4) is 11.4 Å². The summed E-state index contributed by atoms with van der Waals surface area (Å²) in [6, 6.07) is 14.7. The molecule has 1 aliphatic heterocycles. The van der Waals surface area contributed by atoms with Gasteiger partial charge < -0.3 is 20.0 Å². The molecular weight excluding hydrogens is 404 g/mol. The van der Waals surface area contributed by atoms with Gasteiger partial charge in [-0.3, -0.25) is 9.59 Å². The van der Waals surface area contributed by atoms with Crippen LogP contribution < -0.4 is 5.32 Å². The van der Waals surface area contributed by atoms with Crippen LogP contribution in [-0.2, 0) is 4.74 Å². The summed E-state index contributed by atoms with van der Waals surface area (Å²) >= 11 is 0. The first-order valence-electron chi connectivity index (χ1n) is 10.7. The Hall–Kier alpha value is -3.55. The number of rotatable bonds is 5. The summed E-state index contributed by atoms with van der Waals surface area (Å²) in [5.74, 6) is 0.563. The van der Waals surface area contributed by atoms with Crippen molar-refractivity contribution in [1.82, 2.24) is 20.3 Å². The number of carbonyl (C=O) groups excluding carboxylic acids is 2. The van der Waals surface area contributed by atoms with E-state index in [2.05, 4.69) is 15.3 Å². The highest BCUT2D eigenvalue weighted by atomic mass is 16.5. The van der Waals surface area contributed by atoms with Crippen LogP contribution in [0.3, 0.4) is 0 Å². The minimum atomic E-state index is -0.490. The van der Waals surface area contributed by atoms with Crippen molar-refractivity contribution in [2.45, 2.75) is 20.0 Å². The molecule has 1 aliphatic rings. The van der Waals surface area contributed by atoms with Gasteiger partial charge in [-0.1, -0.05) is 30.3 Å². The van der Waals surface area contributed by atoms with Gasteiger partial charge in [-0.05, 0) is 37.6 Å². The lowest BCUT2D eigenvalue weighted by molar-refractivity contribution is 0.0265. The number of ketones is 2. The van der Waals surface area contributed by atoms with Crippen molar-refractivity contribution in [2.75, 3.05) is 19.7 Å². The summed E-state index contributed by atoms with van der Waals surface area (Å²) in [5.41, 5.74) is 5.86. The van der Waals surface area contributed by atoms with E-state index in [0.717, 1.165) is 28.9 Å². The number of morpholine rings is 1. The van der Waals surface area contributed by atoms with Crippen LogP contribution in [0, 0.1) is 13.8 Å². The Morgan fingerprint density at radius 2 is 1.84 bits per heavy atom. The van der Waals surface area contributed by atoms with Crippen molar-refractivity contribution < 1.29 is 14.3 Å². The molecule has 4 aromatic rings. The fourth-order valence-electron chi connectivity index (χ4n) is 4.27. The van der Waals surface area contributed by atoms with Crippen molar-refractivity contribution in [2.24, 2.45) is 0 Å². The Balaban J connectivity index is 1.49. The van der Waals surface area contributed by atoms with Gasteiger partial charge in [0.1, 0.15) is 11.9 Å². The lowest BCUT2D eigenvalue weighted by Gasteiger charge is -2.22. The third-order valence-corrected chi connectivity index (χ3v) is 5.92. The molecule has 0 spiro atoms. The number of hydrogen-bond acceptors (Lipinski definition) is 5. The molecule has 1 saturated heterocycles. The van der Waals surface area contributed by atoms with Crippen LogP contribution in [-0.4, -0.2) is 52.3 Å². The lowest BCUT2D eigenvalue weighted by atomic mass is 10.0. The number of nitrogens with zero attached hydrogens (tertiary/aromatic N) is 1. The third kappa shape index (κ3) is 3.55. The summed E-state index contributed by atoms with van der Waals surface area (Å²) < 4.78 is 5.64. The molecular formula is C25H24N4O3. The molecule has 0 saturated carbocycles. The number of fused-ring (bicyclic) bond motifs is 1. The summed E-state index contributed by atoms with van der Waals surface area (Å²) in [6.07, 6.45) is -0.490. The molecule has 0 aliphatic carbocycles. The van der Waals surface area contributed by atoms with Gasteiger partial charge in [0.25, 0.3) is 0 Å². The first-order valence-corrected chi connectivity index (χ1v) is 10.7. The molecule has 162 valence electrons. The molecule has 0 amide bonds. The van der Waals surface area contributed by atoms with E-state index >= 15 is 0 Å². The molecule has 7 nitrogen and oxygen atoms in total. The maximum atomic E-state index is 13.0. The molecule has 3 heterocycles. The molecule has 3 N–H and O–H groups in total. The van der Waals surface area contributed by atoms with Gasteiger partial charge in [0, 0.05) is 35.5 Å². The second-order valence-corrected chi connectivity index (χ2v) is 8.07. The van der Waals surface area contributed by atoms with Crippen LogP contribution >= 0.6 is 0 Å². The van der Waals surface area contributed by atoms with E-state index in [1.54, 1.807) is 24.3 Å². The monoisotopic (exact) mass is 428 g/mol. The SMILES string of the molecule is Cc1[nH]c(C(=O)C2CNCCO2)c(C)c1-c1nc2cc(C(=O)c3ccccc3)ccc2[nH]1. The molecule has 1 unspecified atom stereocenters. The van der Waals surface area contributed by atoms with Crippen molar-refractivity contribution in [3.05, 3.63) is 76.6 Å². The maximum Gasteiger partial charge on any atom is 0.209 e. The van der Waals surface area contributed by atoms with Gasteiger partial charge in [0.05, 0.1) is 23.3 Å². The molecule has 1 fully saturated rings. The Bertz CT molecular complexity index is 1310. The molecule has 0 radical (unpaired) electrons. The largest absolute Gasteiger partial charge is 0.367 e. The van der Waals surface area contributed by atoms with Crippen LogP contribution in [0.4, 0.5) is 0 Å². The van der Waals surface area contributed by atoms with Gasteiger partial charge >= 0.3 is 0 Å². The van der Waals surface area contributed by atoms with Crippen LogP contribution in [0.25, 0.3) is 22.4 Å². The Kier molecular flexibility index (Phi) is 5.20. The zero-order valence-corrected chi connectivity index (χ0v) is 18.0. The highest BCUT2D eigenvalue weighted by Gasteiger charge is 2.28. The number of H-pyrrole nitrogens is 2. The first-order chi connectivity index (χ1) is 15.5. The fourth-order valence-corrected chi connectivity index (χ4v) is 4.27. The average Bonchev–Trinajstić information content (AvgIpc) is 3.38. The molecule has 0 bridgehead atoms. The van der Waals surface area contributed by atoms with E-state index in [4.69, 9.17) is 9.72 Å². The van der Waals surface area contributed by atoms with Gasteiger partial charge in [0.15, 0.2) is 5.78 Å². The normalized spacial score (nSPS) is 16.4. The summed E-state index contributed by atoms with van der Waals surface area (Å²) in [6.45, 7) is 5.63. The van der Waals surface area contributed by atoms with Crippen LogP contribution in [0.1, 0.15) is 37.7 Å². The highest BCUT2D eigenvalue weighted by molar-refractivity contribution is 6.10. The van der Waals surface area contributed by atoms with Crippen molar-refractivity contribution in [1.29, 1.82) is 0 Å². The van der Waals surface area contributed by atoms with Gasteiger partial charge in [-0.15, -0.1) is 0 Å². The molecule has 2 aromatic heterocycles. The number of Topliss-reactive ketones (excluding diaryl/α,β-unsaturated/α-hetero) is 1. The van der Waals surface area contributed by atoms with Crippen LogP contribution in [0.5, 0.6) is 0 Å². The highest BCUT2D eigenvalue weighted by Crippen LogP contribution is 2.30. The predicted octanol–water partition coefficient (Wildman–Crippen LogP) is 3.58. The molecule has 1 atom stereocenters. The minimum Gasteiger partial charge on any atom is -0.367 e. The number of aryl methyl sites for hydroxylation is 1. The topological polar surface area (TPSA) is 99.9 Å². The van der Waals surface area contributed by atoms with E-state index in [1.807, 2.05) is 38.1 Å². The number of aromatic nitrogens is 3. The molecule has 7 heteroatoms. The van der Waals surface area contributed by atoms with Gasteiger partial charge in [-0.25, -0.2) is 4.98 Å². The standard InChI is InChI=1S/C25H24N4O3/c1-14-21(15(2)27-22(14)24(31)20-13-26-10-11-32-20)25-28-18-9-8-17(12-19(18)29-25)23(30)16-6-4-3-5-7-16/h3-9,12,20,26-27H,10-11,13H2,1-2H3,(H,28,29). The van der Waals surface area contributed by atoms with Gasteiger partial charge in [0.2, 0.25) is 5.78 Å². The third-order valence-electron chi connectivity index (χ3n) is 5.92. The maximum absolute atomic E-state index is 13.0. The average molecular weight is 428 g/mol. The number of imidazole rings is 1. The number of hydrogen-bond donors (Lipinski definition) is 3. The Morgan fingerprint density at radius 3 is 2.59 bits per heavy atom. The Morgan fingerprint density at radius 1 is 1.03 bits per heavy atom. The number of nitrogens with one attached hydrogen (secondary N) is 3. The molecule has 32 heavy (non-hydrogen) atoms. The lowest BCUT2D eigenvalue weighted by Crippen LogP contribution is -2.43. The summed E-state index contributed by atoms with van der Waals surface area (Å²) in [7, 11) is 0. The smallest absolute Gasteiger partial charge is 0.209 e. The Labute approximate surface area is 185 Å². The zero-order valence-electron chi connectivity index (χ0n) is 18.0. The van der Waals surface area contributed by atoms with E-state index in [1.165, 1.54) is 0 Å². The van der Waals surface area contributed by atoms with Crippen LogP contribution in [0.15, 0.2) is 48.5 Å². The van der Waals surface area contributed by atoms with E-state index < -0.39 is 6.10 Å². The van der Waals surface area contributed by atoms with Crippen LogP contribution in [0.2, 0.25) is 0 Å². The molecule has 5 rings (SSSR count). The van der Waals surface area contributed by atoms with Gasteiger partial charge in [-0.2, -0.15) is 0 Å². The second-order valence-electron chi connectivity index (χ2n) is 8.07. The quantitative estimate of drug-likeness (QED) is 0.422. The number of aromatic amines is 2. The van der Waals surface area contributed by atoms with E-state index in [0.29, 0.717) is 41.3 Å². The fraction of sp³-hybridized carbons (Fsp3) is 0.240. The number of carbonyl (C=O) groups is 2. The summed E-state index contributed by atoms with van der Waals surface area (Å²) in [5, 5.41) is 3.20. The minimum absolute atomic E-state index is 0.0416. The summed E-state index contributed by atoms with van der Waals surface area (Å²) in [4.78, 5) is 37.1. The molecule has 2 aromatic carbocycles. The zero-order chi connectivity index (χ0) is 22.2. The number of benzene rings is 2.